The molecule has 4 nitrogen and oxygen atoms in total. The molecule has 0 saturated carbocycles. The van der Waals surface area contributed by atoms with Crippen LogP contribution in [0.1, 0.15) is 37.5 Å². The zero-order chi connectivity index (χ0) is 23.0. The smallest absolute Gasteiger partial charge is 0.242 e. The standard InChI is InChI=1S/C24H30ClFN2O2S/c1-16(2)12-27-24(30)18(4)28(13-19-9-6-5-8-17(19)3)23(29)15-31-14-20-21(25)10-7-11-22(20)26/h5-11,16,18H,12-15H2,1-4H3,(H,27,30)/t18-/m0/s1. The Morgan fingerprint density at radius 3 is 2.48 bits per heavy atom. The Hall–Kier alpha value is -2.05. The number of carbonyl (C=O) groups is 2. The van der Waals surface area contributed by atoms with Crippen molar-refractivity contribution in [2.75, 3.05) is 12.3 Å². The minimum Gasteiger partial charge on any atom is -0.354 e. The molecule has 2 aromatic carbocycles. The lowest BCUT2D eigenvalue weighted by molar-refractivity contribution is -0.138. The molecule has 2 rings (SSSR count). The highest BCUT2D eigenvalue weighted by Gasteiger charge is 2.26. The van der Waals surface area contributed by atoms with Crippen LogP contribution in [0.25, 0.3) is 0 Å². The number of carbonyl (C=O) groups excluding carboxylic acids is 2. The van der Waals surface area contributed by atoms with Crippen molar-refractivity contribution in [2.24, 2.45) is 5.92 Å². The van der Waals surface area contributed by atoms with Crippen LogP contribution >= 0.6 is 23.4 Å². The summed E-state index contributed by atoms with van der Waals surface area (Å²) in [5, 5.41) is 3.25. The molecule has 0 radical (unpaired) electrons. The van der Waals surface area contributed by atoms with E-state index in [0.717, 1.165) is 11.1 Å². The average molecular weight is 465 g/mol. The number of hydrogen-bond acceptors (Lipinski definition) is 3. The van der Waals surface area contributed by atoms with Gasteiger partial charge in [-0.05, 0) is 43.0 Å². The molecule has 0 aromatic heterocycles. The van der Waals surface area contributed by atoms with E-state index in [1.165, 1.54) is 17.8 Å². The summed E-state index contributed by atoms with van der Waals surface area (Å²) in [5.41, 5.74) is 2.43. The highest BCUT2D eigenvalue weighted by Crippen LogP contribution is 2.24. The topological polar surface area (TPSA) is 49.4 Å². The van der Waals surface area contributed by atoms with Crippen molar-refractivity contribution >= 4 is 35.2 Å². The molecule has 0 aliphatic heterocycles. The van der Waals surface area contributed by atoms with E-state index in [0.29, 0.717) is 29.6 Å². The summed E-state index contributed by atoms with van der Waals surface area (Å²) in [6.07, 6.45) is 0. The minimum absolute atomic E-state index is 0.123. The van der Waals surface area contributed by atoms with Gasteiger partial charge in [-0.25, -0.2) is 4.39 Å². The molecule has 7 heteroatoms. The lowest BCUT2D eigenvalue weighted by Crippen LogP contribution is -2.48. The Kier molecular flexibility index (Phi) is 9.85. The summed E-state index contributed by atoms with van der Waals surface area (Å²) in [7, 11) is 0. The van der Waals surface area contributed by atoms with Gasteiger partial charge in [0.1, 0.15) is 11.9 Å². The summed E-state index contributed by atoms with van der Waals surface area (Å²) in [6, 6.07) is 11.7. The number of benzene rings is 2. The van der Waals surface area contributed by atoms with Gasteiger partial charge in [0.2, 0.25) is 11.8 Å². The third kappa shape index (κ3) is 7.54. The molecule has 0 spiro atoms. The summed E-state index contributed by atoms with van der Waals surface area (Å²) in [6.45, 7) is 8.65. The maximum Gasteiger partial charge on any atom is 0.242 e. The Bertz CT molecular complexity index is 887. The predicted molar refractivity (Wildman–Crippen MR) is 127 cm³/mol. The molecule has 0 fully saturated rings. The van der Waals surface area contributed by atoms with Gasteiger partial charge in [-0.1, -0.05) is 55.8 Å². The van der Waals surface area contributed by atoms with Gasteiger partial charge in [-0.2, -0.15) is 0 Å². The van der Waals surface area contributed by atoms with Crippen molar-refractivity contribution in [1.29, 1.82) is 0 Å². The van der Waals surface area contributed by atoms with Crippen molar-refractivity contribution in [3.63, 3.8) is 0 Å². The second kappa shape index (κ2) is 12.1. The highest BCUT2D eigenvalue weighted by atomic mass is 35.5. The molecule has 0 heterocycles. The molecule has 2 aromatic rings. The number of rotatable bonds is 10. The number of aryl methyl sites for hydroxylation is 1. The van der Waals surface area contributed by atoms with Crippen molar-refractivity contribution in [3.05, 3.63) is 70.0 Å². The zero-order valence-corrected chi connectivity index (χ0v) is 20.0. The molecule has 1 N–H and O–H groups in total. The number of nitrogens with zero attached hydrogens (tertiary/aromatic N) is 1. The van der Waals surface area contributed by atoms with Gasteiger partial charge >= 0.3 is 0 Å². The van der Waals surface area contributed by atoms with Crippen LogP contribution in [0.4, 0.5) is 4.39 Å². The molecule has 31 heavy (non-hydrogen) atoms. The minimum atomic E-state index is -0.622. The maximum absolute atomic E-state index is 14.0. The van der Waals surface area contributed by atoms with Crippen LogP contribution in [0.3, 0.4) is 0 Å². The summed E-state index contributed by atoms with van der Waals surface area (Å²) in [5.74, 6) is -0.0177. The first kappa shape index (κ1) is 25.2. The molecular formula is C24H30ClFN2O2S. The van der Waals surface area contributed by atoms with Crippen LogP contribution in [0, 0.1) is 18.7 Å². The molecule has 168 valence electrons. The fraction of sp³-hybridized carbons (Fsp3) is 0.417. The summed E-state index contributed by atoms with van der Waals surface area (Å²) < 4.78 is 14.0. The van der Waals surface area contributed by atoms with E-state index in [4.69, 9.17) is 11.6 Å². The highest BCUT2D eigenvalue weighted by molar-refractivity contribution is 7.99. The SMILES string of the molecule is Cc1ccccc1CN(C(=O)CSCc1c(F)cccc1Cl)[C@@H](C)C(=O)NCC(C)C. The maximum atomic E-state index is 14.0. The van der Waals surface area contributed by atoms with Crippen molar-refractivity contribution in [3.8, 4) is 0 Å². The summed E-state index contributed by atoms with van der Waals surface area (Å²) >= 11 is 7.37. The first-order valence-corrected chi connectivity index (χ1v) is 11.9. The second-order valence-electron chi connectivity index (χ2n) is 7.96. The quantitative estimate of drug-likeness (QED) is 0.525. The molecule has 0 bridgehead atoms. The van der Waals surface area contributed by atoms with E-state index < -0.39 is 6.04 Å². The number of halogens is 2. The second-order valence-corrected chi connectivity index (χ2v) is 9.35. The van der Waals surface area contributed by atoms with Gasteiger partial charge in [-0.15, -0.1) is 11.8 Å². The van der Waals surface area contributed by atoms with E-state index in [-0.39, 0.29) is 29.1 Å². The third-order valence-corrected chi connectivity index (χ3v) is 6.29. The van der Waals surface area contributed by atoms with Crippen molar-refractivity contribution in [1.82, 2.24) is 10.2 Å². The largest absolute Gasteiger partial charge is 0.354 e. The van der Waals surface area contributed by atoms with E-state index >= 15 is 0 Å². The van der Waals surface area contributed by atoms with Crippen LogP contribution in [0.2, 0.25) is 5.02 Å². The number of hydrogen-bond donors (Lipinski definition) is 1. The Labute approximate surface area is 193 Å². The molecule has 0 aliphatic carbocycles. The first-order valence-electron chi connectivity index (χ1n) is 10.3. The van der Waals surface area contributed by atoms with Crippen LogP contribution in [-0.2, 0) is 21.9 Å². The monoisotopic (exact) mass is 464 g/mol. The molecule has 0 saturated heterocycles. The molecule has 1 atom stereocenters. The van der Waals surface area contributed by atoms with Gasteiger partial charge in [0.05, 0.1) is 5.75 Å². The number of nitrogens with one attached hydrogen (secondary N) is 1. The van der Waals surface area contributed by atoms with Crippen LogP contribution in [-0.4, -0.2) is 35.1 Å². The molecule has 0 aliphatic rings. The third-order valence-electron chi connectivity index (χ3n) is 4.99. The lowest BCUT2D eigenvalue weighted by Gasteiger charge is -2.29. The number of amides is 2. The zero-order valence-electron chi connectivity index (χ0n) is 18.5. The normalized spacial score (nSPS) is 12.0. The Morgan fingerprint density at radius 1 is 1.13 bits per heavy atom. The van der Waals surface area contributed by atoms with Crippen LogP contribution < -0.4 is 5.32 Å². The van der Waals surface area contributed by atoms with Crippen molar-refractivity contribution < 1.29 is 14.0 Å². The Balaban J connectivity index is 2.11. The fourth-order valence-electron chi connectivity index (χ4n) is 3.00. The van der Waals surface area contributed by atoms with Crippen molar-refractivity contribution in [2.45, 2.75) is 46.0 Å². The van der Waals surface area contributed by atoms with E-state index in [1.807, 2.05) is 45.0 Å². The van der Waals surface area contributed by atoms with Gasteiger partial charge in [0.15, 0.2) is 0 Å². The number of thioether (sulfide) groups is 1. The average Bonchev–Trinajstić information content (AvgIpc) is 2.72. The molecule has 0 unspecified atom stereocenters. The van der Waals surface area contributed by atoms with Crippen LogP contribution in [0.15, 0.2) is 42.5 Å². The molecular weight excluding hydrogens is 435 g/mol. The van der Waals surface area contributed by atoms with E-state index in [9.17, 15) is 14.0 Å². The van der Waals surface area contributed by atoms with Gasteiger partial charge in [0, 0.05) is 29.4 Å². The van der Waals surface area contributed by atoms with Gasteiger partial charge in [0.25, 0.3) is 0 Å². The molecule has 2 amide bonds. The predicted octanol–water partition coefficient (Wildman–Crippen LogP) is 5.21. The van der Waals surface area contributed by atoms with Gasteiger partial charge < -0.3 is 10.2 Å². The fourth-order valence-corrected chi connectivity index (χ4v) is 4.25. The summed E-state index contributed by atoms with van der Waals surface area (Å²) in [4.78, 5) is 27.4. The van der Waals surface area contributed by atoms with Crippen LogP contribution in [0.5, 0.6) is 0 Å². The van der Waals surface area contributed by atoms with E-state index in [2.05, 4.69) is 5.32 Å². The lowest BCUT2D eigenvalue weighted by atomic mass is 10.1. The van der Waals surface area contributed by atoms with E-state index in [1.54, 1.807) is 24.0 Å². The first-order chi connectivity index (χ1) is 14.7. The van der Waals surface area contributed by atoms with Gasteiger partial charge in [-0.3, -0.25) is 9.59 Å². The Morgan fingerprint density at radius 2 is 1.84 bits per heavy atom.